The van der Waals surface area contributed by atoms with Crippen LogP contribution >= 0.6 is 27.3 Å². The maximum atomic E-state index is 12.0. The molecule has 1 heterocycles. The molecule has 0 saturated carbocycles. The Morgan fingerprint density at radius 1 is 1.41 bits per heavy atom. The number of nitrogens with one attached hydrogen (secondary N) is 1. The molecular formula is C8H5BrF3NO3S. The van der Waals surface area contributed by atoms with Gasteiger partial charge in [-0.2, -0.15) is 13.2 Å². The van der Waals surface area contributed by atoms with E-state index in [2.05, 4.69) is 15.9 Å². The summed E-state index contributed by atoms with van der Waals surface area (Å²) in [6.07, 6.45) is -5.06. The number of amides is 1. The number of hydrogen-bond donors (Lipinski definition) is 2. The Morgan fingerprint density at radius 2 is 1.94 bits per heavy atom. The number of carbonyl (C=O) groups excluding carboxylic acids is 1. The van der Waals surface area contributed by atoms with E-state index in [-0.39, 0.29) is 16.1 Å². The van der Waals surface area contributed by atoms with E-state index in [1.807, 2.05) is 0 Å². The van der Waals surface area contributed by atoms with E-state index in [4.69, 9.17) is 5.11 Å². The number of rotatable bonds is 2. The fraction of sp³-hybridized carbons (Fsp3) is 0.250. The summed E-state index contributed by atoms with van der Waals surface area (Å²) in [7, 11) is 0. The quantitative estimate of drug-likeness (QED) is 0.875. The molecule has 1 aromatic rings. The second-order valence-electron chi connectivity index (χ2n) is 2.96. The van der Waals surface area contributed by atoms with Gasteiger partial charge in [0, 0.05) is 0 Å². The SMILES string of the molecule is Cc1c(Br)sc(C(=O)O)c1NC(=O)C(F)(F)F. The van der Waals surface area contributed by atoms with Crippen molar-refractivity contribution in [3.8, 4) is 0 Å². The first-order chi connectivity index (χ1) is 7.64. The lowest BCUT2D eigenvalue weighted by molar-refractivity contribution is -0.167. The van der Waals surface area contributed by atoms with E-state index in [0.717, 1.165) is 11.3 Å². The molecule has 1 rings (SSSR count). The molecule has 0 bridgehead atoms. The molecule has 0 aliphatic rings. The molecule has 94 valence electrons. The van der Waals surface area contributed by atoms with E-state index >= 15 is 0 Å². The summed E-state index contributed by atoms with van der Waals surface area (Å²) in [6, 6.07) is 0. The van der Waals surface area contributed by atoms with Crippen LogP contribution in [0.4, 0.5) is 18.9 Å². The Labute approximate surface area is 106 Å². The van der Waals surface area contributed by atoms with Gasteiger partial charge in [0.15, 0.2) is 0 Å². The minimum absolute atomic E-state index is 0.241. The summed E-state index contributed by atoms with van der Waals surface area (Å²) in [5.74, 6) is -3.60. The Kier molecular flexibility index (Phi) is 3.82. The molecule has 1 amide bonds. The van der Waals surface area contributed by atoms with Gasteiger partial charge >= 0.3 is 18.1 Å². The van der Waals surface area contributed by atoms with E-state index in [1.165, 1.54) is 6.92 Å². The maximum Gasteiger partial charge on any atom is 0.471 e. The van der Waals surface area contributed by atoms with Gasteiger partial charge in [-0.05, 0) is 28.4 Å². The Hall–Kier alpha value is -1.09. The normalized spacial score (nSPS) is 11.4. The fourth-order valence-corrected chi connectivity index (χ4v) is 2.48. The van der Waals surface area contributed by atoms with Gasteiger partial charge in [-0.25, -0.2) is 4.79 Å². The average Bonchev–Trinajstić information content (AvgIpc) is 2.44. The van der Waals surface area contributed by atoms with Crippen molar-refractivity contribution in [2.75, 3.05) is 5.32 Å². The van der Waals surface area contributed by atoms with E-state index in [9.17, 15) is 22.8 Å². The maximum absolute atomic E-state index is 12.0. The predicted molar refractivity (Wildman–Crippen MR) is 58.4 cm³/mol. The first-order valence-corrected chi connectivity index (χ1v) is 5.66. The second kappa shape index (κ2) is 4.65. The predicted octanol–water partition coefficient (Wildman–Crippen LogP) is 3.02. The third kappa shape index (κ3) is 2.97. The van der Waals surface area contributed by atoms with Crippen LogP contribution in [-0.4, -0.2) is 23.2 Å². The topological polar surface area (TPSA) is 66.4 Å². The number of anilines is 1. The molecule has 2 N–H and O–H groups in total. The molecule has 17 heavy (non-hydrogen) atoms. The number of alkyl halides is 3. The van der Waals surface area contributed by atoms with E-state index in [0.29, 0.717) is 3.79 Å². The first kappa shape index (κ1) is 14.0. The van der Waals surface area contributed by atoms with Crippen molar-refractivity contribution in [1.82, 2.24) is 0 Å². The smallest absolute Gasteiger partial charge is 0.471 e. The molecule has 0 fully saturated rings. The first-order valence-electron chi connectivity index (χ1n) is 4.05. The zero-order chi connectivity index (χ0) is 13.4. The second-order valence-corrected chi connectivity index (χ2v) is 5.30. The Balaban J connectivity index is 3.14. The van der Waals surface area contributed by atoms with Crippen LogP contribution in [0, 0.1) is 6.92 Å². The molecule has 0 aliphatic heterocycles. The number of thiophene rings is 1. The summed E-state index contributed by atoms with van der Waals surface area (Å²) in [4.78, 5) is 21.2. The highest BCUT2D eigenvalue weighted by Crippen LogP contribution is 2.37. The molecule has 9 heteroatoms. The van der Waals surface area contributed by atoms with Crippen molar-refractivity contribution < 1.29 is 27.9 Å². The van der Waals surface area contributed by atoms with Crippen molar-refractivity contribution in [3.63, 3.8) is 0 Å². The van der Waals surface area contributed by atoms with Crippen LogP contribution in [0.5, 0.6) is 0 Å². The highest BCUT2D eigenvalue weighted by atomic mass is 79.9. The molecule has 0 aromatic carbocycles. The molecule has 0 aliphatic carbocycles. The summed E-state index contributed by atoms with van der Waals surface area (Å²) >= 11 is 3.73. The lowest BCUT2D eigenvalue weighted by Gasteiger charge is -2.08. The zero-order valence-corrected chi connectivity index (χ0v) is 10.6. The lowest BCUT2D eigenvalue weighted by Crippen LogP contribution is -2.30. The van der Waals surface area contributed by atoms with Crippen LogP contribution in [-0.2, 0) is 4.79 Å². The molecule has 0 saturated heterocycles. The summed E-state index contributed by atoms with van der Waals surface area (Å²) in [6.45, 7) is 1.40. The van der Waals surface area contributed by atoms with Crippen LogP contribution in [0.25, 0.3) is 0 Å². The van der Waals surface area contributed by atoms with Crippen LogP contribution in [0.1, 0.15) is 15.2 Å². The number of carboxylic acid groups (broad SMARTS) is 1. The number of carboxylic acids is 1. The van der Waals surface area contributed by atoms with Crippen molar-refractivity contribution in [1.29, 1.82) is 0 Å². The lowest BCUT2D eigenvalue weighted by atomic mass is 10.2. The van der Waals surface area contributed by atoms with Crippen LogP contribution in [0.15, 0.2) is 3.79 Å². The van der Waals surface area contributed by atoms with Crippen LogP contribution < -0.4 is 5.32 Å². The highest BCUT2D eigenvalue weighted by Gasteiger charge is 2.39. The van der Waals surface area contributed by atoms with Crippen molar-refractivity contribution in [3.05, 3.63) is 14.2 Å². The zero-order valence-electron chi connectivity index (χ0n) is 8.18. The highest BCUT2D eigenvalue weighted by molar-refractivity contribution is 9.11. The largest absolute Gasteiger partial charge is 0.477 e. The fourth-order valence-electron chi connectivity index (χ4n) is 0.971. The molecule has 0 unspecified atom stereocenters. The molecular weight excluding hydrogens is 327 g/mol. The molecule has 1 aromatic heterocycles. The monoisotopic (exact) mass is 331 g/mol. The van der Waals surface area contributed by atoms with E-state index < -0.39 is 18.1 Å². The minimum Gasteiger partial charge on any atom is -0.477 e. The summed E-state index contributed by atoms with van der Waals surface area (Å²) in [5, 5.41) is 10.3. The third-order valence-electron chi connectivity index (χ3n) is 1.78. The standard InChI is InChI=1S/C8H5BrF3NO3S/c1-2-3(13-7(16)8(10,11)12)4(6(14)15)17-5(2)9/h1H3,(H,13,16)(H,14,15). The molecule has 0 atom stereocenters. The van der Waals surface area contributed by atoms with Crippen molar-refractivity contribution in [2.45, 2.75) is 13.1 Å². The molecule has 0 spiro atoms. The van der Waals surface area contributed by atoms with Gasteiger partial charge in [0.25, 0.3) is 0 Å². The number of aromatic carboxylic acids is 1. The van der Waals surface area contributed by atoms with Crippen LogP contribution in [0.3, 0.4) is 0 Å². The van der Waals surface area contributed by atoms with Gasteiger partial charge < -0.3 is 10.4 Å². The van der Waals surface area contributed by atoms with Gasteiger partial charge in [-0.1, -0.05) is 0 Å². The third-order valence-corrected chi connectivity index (χ3v) is 3.93. The Morgan fingerprint density at radius 3 is 2.35 bits per heavy atom. The number of halogens is 4. The van der Waals surface area contributed by atoms with Gasteiger partial charge in [-0.3, -0.25) is 4.79 Å². The van der Waals surface area contributed by atoms with Crippen molar-refractivity contribution >= 4 is 44.8 Å². The number of carbonyl (C=O) groups is 2. The Bertz CT molecular complexity index is 483. The minimum atomic E-state index is -5.06. The summed E-state index contributed by atoms with van der Waals surface area (Å²) in [5.41, 5.74) is -0.0956. The van der Waals surface area contributed by atoms with Gasteiger partial charge in [0.05, 0.1) is 9.47 Å². The van der Waals surface area contributed by atoms with Gasteiger partial charge in [0.2, 0.25) is 0 Å². The van der Waals surface area contributed by atoms with Crippen LogP contribution in [0.2, 0.25) is 0 Å². The van der Waals surface area contributed by atoms with Crippen molar-refractivity contribution in [2.24, 2.45) is 0 Å². The van der Waals surface area contributed by atoms with Gasteiger partial charge in [0.1, 0.15) is 4.88 Å². The summed E-state index contributed by atoms with van der Waals surface area (Å²) < 4.78 is 36.5. The van der Waals surface area contributed by atoms with E-state index in [1.54, 1.807) is 5.32 Å². The van der Waals surface area contributed by atoms with Gasteiger partial charge in [-0.15, -0.1) is 11.3 Å². The molecule has 4 nitrogen and oxygen atoms in total. The molecule has 0 radical (unpaired) electrons. The number of hydrogen-bond acceptors (Lipinski definition) is 3. The average molecular weight is 332 g/mol.